The van der Waals surface area contributed by atoms with Crippen LogP contribution in [0.1, 0.15) is 51.0 Å². The second-order valence-electron chi connectivity index (χ2n) is 5.49. The predicted molar refractivity (Wildman–Crippen MR) is 72.4 cm³/mol. The lowest BCUT2D eigenvalue weighted by atomic mass is 9.82. The lowest BCUT2D eigenvalue weighted by Crippen LogP contribution is -2.26. The zero-order valence-electron chi connectivity index (χ0n) is 11.3. The van der Waals surface area contributed by atoms with Crippen LogP contribution in [0.25, 0.3) is 0 Å². The van der Waals surface area contributed by atoms with Crippen molar-refractivity contribution >= 4 is 5.97 Å². The predicted octanol–water partition coefficient (Wildman–Crippen LogP) is 3.91. The van der Waals surface area contributed by atoms with Gasteiger partial charge >= 0.3 is 5.97 Å². The molecule has 0 bridgehead atoms. The molecule has 0 radical (unpaired) electrons. The average molecular weight is 246 g/mol. The van der Waals surface area contributed by atoms with Gasteiger partial charge in [-0.3, -0.25) is 4.79 Å². The van der Waals surface area contributed by atoms with Crippen LogP contribution in [0.2, 0.25) is 0 Å². The Morgan fingerprint density at radius 2 is 1.94 bits per heavy atom. The summed E-state index contributed by atoms with van der Waals surface area (Å²) in [5, 5.41) is 0. The maximum Gasteiger partial charge on any atom is 0.308 e. The molecule has 98 valence electrons. The molecule has 0 heterocycles. The molecule has 2 atom stereocenters. The van der Waals surface area contributed by atoms with Crippen molar-refractivity contribution in [1.82, 2.24) is 0 Å². The van der Waals surface area contributed by atoms with Crippen molar-refractivity contribution in [2.75, 3.05) is 0 Å². The van der Waals surface area contributed by atoms with E-state index in [2.05, 4.69) is 24.3 Å². The van der Waals surface area contributed by atoms with Gasteiger partial charge in [0.05, 0.1) is 5.92 Å². The van der Waals surface area contributed by atoms with E-state index in [0.717, 1.165) is 19.3 Å². The van der Waals surface area contributed by atoms with E-state index in [1.807, 2.05) is 19.9 Å². The first-order valence-electron chi connectivity index (χ1n) is 6.92. The molecule has 2 unspecified atom stereocenters. The molecule has 1 aliphatic rings. The zero-order valence-corrected chi connectivity index (χ0v) is 11.3. The van der Waals surface area contributed by atoms with Gasteiger partial charge in [0.15, 0.2) is 0 Å². The Labute approximate surface area is 109 Å². The minimum absolute atomic E-state index is 0.0258. The molecule has 2 heteroatoms. The highest BCUT2D eigenvalue weighted by Gasteiger charge is 2.26. The zero-order chi connectivity index (χ0) is 13.0. The van der Waals surface area contributed by atoms with Crippen LogP contribution in [-0.4, -0.2) is 12.1 Å². The normalized spacial score (nSPS) is 23.9. The summed E-state index contributed by atoms with van der Waals surface area (Å²) in [6.45, 7) is 3.78. The molecule has 0 aromatic heterocycles. The monoisotopic (exact) mass is 246 g/mol. The maximum atomic E-state index is 11.6. The largest absolute Gasteiger partial charge is 0.462 e. The molecule has 0 saturated heterocycles. The van der Waals surface area contributed by atoms with Crippen molar-refractivity contribution in [1.29, 1.82) is 0 Å². The van der Waals surface area contributed by atoms with E-state index in [9.17, 15) is 4.79 Å². The number of esters is 1. The Kier molecular flexibility index (Phi) is 4.40. The third-order valence-corrected chi connectivity index (χ3v) is 3.65. The summed E-state index contributed by atoms with van der Waals surface area (Å²) < 4.78 is 5.57. The quantitative estimate of drug-likeness (QED) is 0.756. The lowest BCUT2D eigenvalue weighted by molar-refractivity contribution is -0.154. The fourth-order valence-corrected chi connectivity index (χ4v) is 2.58. The van der Waals surface area contributed by atoms with Crippen molar-refractivity contribution in [3.63, 3.8) is 0 Å². The topological polar surface area (TPSA) is 26.3 Å². The molecular formula is C16H22O2. The highest BCUT2D eigenvalue weighted by atomic mass is 16.5. The SMILES string of the molecule is CC(C)C(=O)OC1CCCC(c2ccccc2)C1. The van der Waals surface area contributed by atoms with E-state index in [1.165, 1.54) is 12.0 Å². The van der Waals surface area contributed by atoms with E-state index in [4.69, 9.17) is 4.74 Å². The van der Waals surface area contributed by atoms with E-state index in [-0.39, 0.29) is 18.0 Å². The number of hydrogen-bond acceptors (Lipinski definition) is 2. The molecule has 1 aromatic carbocycles. The number of carbonyl (C=O) groups excluding carboxylic acids is 1. The Bertz CT molecular complexity index is 383. The molecule has 2 rings (SSSR count). The van der Waals surface area contributed by atoms with Crippen LogP contribution in [0.15, 0.2) is 30.3 Å². The van der Waals surface area contributed by atoms with Crippen LogP contribution in [0, 0.1) is 5.92 Å². The van der Waals surface area contributed by atoms with E-state index in [0.29, 0.717) is 5.92 Å². The van der Waals surface area contributed by atoms with Gasteiger partial charge in [-0.1, -0.05) is 44.2 Å². The molecule has 18 heavy (non-hydrogen) atoms. The van der Waals surface area contributed by atoms with E-state index in [1.54, 1.807) is 0 Å². The van der Waals surface area contributed by atoms with Gasteiger partial charge in [0.2, 0.25) is 0 Å². The van der Waals surface area contributed by atoms with Crippen molar-refractivity contribution in [3.8, 4) is 0 Å². The number of carbonyl (C=O) groups is 1. The molecule has 0 aliphatic heterocycles. The smallest absolute Gasteiger partial charge is 0.308 e. The van der Waals surface area contributed by atoms with Crippen LogP contribution in [0.5, 0.6) is 0 Å². The van der Waals surface area contributed by atoms with Gasteiger partial charge in [-0.05, 0) is 37.2 Å². The van der Waals surface area contributed by atoms with Gasteiger partial charge in [-0.25, -0.2) is 0 Å². The average Bonchev–Trinajstić information content (AvgIpc) is 2.40. The van der Waals surface area contributed by atoms with E-state index < -0.39 is 0 Å². The van der Waals surface area contributed by atoms with Crippen LogP contribution in [0.4, 0.5) is 0 Å². The van der Waals surface area contributed by atoms with Crippen LogP contribution in [-0.2, 0) is 9.53 Å². The van der Waals surface area contributed by atoms with Gasteiger partial charge in [-0.2, -0.15) is 0 Å². The lowest BCUT2D eigenvalue weighted by Gasteiger charge is -2.29. The van der Waals surface area contributed by atoms with Crippen molar-refractivity contribution in [2.45, 2.75) is 51.6 Å². The number of benzene rings is 1. The highest BCUT2D eigenvalue weighted by molar-refractivity contribution is 5.71. The van der Waals surface area contributed by atoms with Gasteiger partial charge in [0.1, 0.15) is 6.10 Å². The second-order valence-corrected chi connectivity index (χ2v) is 5.49. The minimum Gasteiger partial charge on any atom is -0.462 e. The first-order valence-corrected chi connectivity index (χ1v) is 6.92. The van der Waals surface area contributed by atoms with Gasteiger partial charge in [0, 0.05) is 0 Å². The first kappa shape index (κ1) is 13.1. The van der Waals surface area contributed by atoms with Crippen molar-refractivity contribution in [2.24, 2.45) is 5.92 Å². The molecule has 0 N–H and O–H groups in total. The minimum atomic E-state index is -0.0614. The third kappa shape index (κ3) is 3.34. The third-order valence-electron chi connectivity index (χ3n) is 3.65. The Morgan fingerprint density at radius 1 is 1.22 bits per heavy atom. The number of hydrogen-bond donors (Lipinski definition) is 0. The van der Waals surface area contributed by atoms with Crippen LogP contribution < -0.4 is 0 Å². The van der Waals surface area contributed by atoms with Crippen LogP contribution >= 0.6 is 0 Å². The van der Waals surface area contributed by atoms with E-state index >= 15 is 0 Å². The maximum absolute atomic E-state index is 11.6. The summed E-state index contributed by atoms with van der Waals surface area (Å²) in [6.07, 6.45) is 4.46. The molecule has 1 saturated carbocycles. The van der Waals surface area contributed by atoms with Crippen molar-refractivity contribution in [3.05, 3.63) is 35.9 Å². The Hall–Kier alpha value is -1.31. The number of rotatable bonds is 3. The second kappa shape index (κ2) is 6.03. The highest BCUT2D eigenvalue weighted by Crippen LogP contribution is 2.34. The molecule has 1 fully saturated rings. The van der Waals surface area contributed by atoms with Crippen LogP contribution in [0.3, 0.4) is 0 Å². The summed E-state index contributed by atoms with van der Waals surface area (Å²) in [6, 6.07) is 10.6. The molecule has 0 spiro atoms. The Morgan fingerprint density at radius 3 is 2.61 bits per heavy atom. The molecule has 2 nitrogen and oxygen atoms in total. The summed E-state index contributed by atoms with van der Waals surface area (Å²) in [5.74, 6) is 0.459. The Balaban J connectivity index is 1.95. The summed E-state index contributed by atoms with van der Waals surface area (Å²) in [4.78, 5) is 11.6. The molecule has 0 amide bonds. The fraction of sp³-hybridized carbons (Fsp3) is 0.562. The number of ether oxygens (including phenoxy) is 1. The summed E-state index contributed by atoms with van der Waals surface area (Å²) >= 11 is 0. The molecule has 1 aliphatic carbocycles. The van der Waals surface area contributed by atoms with Gasteiger partial charge in [0.25, 0.3) is 0 Å². The van der Waals surface area contributed by atoms with Gasteiger partial charge in [-0.15, -0.1) is 0 Å². The molecule has 1 aromatic rings. The van der Waals surface area contributed by atoms with Crippen molar-refractivity contribution < 1.29 is 9.53 Å². The first-order chi connectivity index (χ1) is 8.66. The fourth-order valence-electron chi connectivity index (χ4n) is 2.58. The summed E-state index contributed by atoms with van der Waals surface area (Å²) in [7, 11) is 0. The summed E-state index contributed by atoms with van der Waals surface area (Å²) in [5.41, 5.74) is 1.38. The standard InChI is InChI=1S/C16H22O2/c1-12(2)16(17)18-15-10-6-9-14(11-15)13-7-4-3-5-8-13/h3-5,7-8,12,14-15H,6,9-11H2,1-2H3. The molecular weight excluding hydrogens is 224 g/mol. The van der Waals surface area contributed by atoms with Gasteiger partial charge < -0.3 is 4.74 Å².